The molecule has 0 aliphatic carbocycles. The van der Waals surface area contributed by atoms with Crippen LogP contribution in [0.3, 0.4) is 0 Å². The molecule has 0 fully saturated rings. The van der Waals surface area contributed by atoms with Crippen LogP contribution in [0.2, 0.25) is 0 Å². The molecule has 3 nitrogen and oxygen atoms in total. The number of ether oxygens (including phenoxy) is 1. The van der Waals surface area contributed by atoms with Gasteiger partial charge in [0, 0.05) is 10.9 Å². The second-order valence-corrected chi connectivity index (χ2v) is 5.69. The molecule has 1 N–H and O–H groups in total. The summed E-state index contributed by atoms with van der Waals surface area (Å²) in [4.78, 5) is 10.5. The summed E-state index contributed by atoms with van der Waals surface area (Å²) in [5.74, 6) is -0.247. The Balaban J connectivity index is 2.46. The Morgan fingerprint density at radius 3 is 2.71 bits per heavy atom. The molecular formula is C11H9Br3O3. The highest BCUT2D eigenvalue weighted by molar-refractivity contribution is 9.12. The fourth-order valence-electron chi connectivity index (χ4n) is 1.03. The van der Waals surface area contributed by atoms with Gasteiger partial charge in [-0.1, -0.05) is 22.0 Å². The number of carboxylic acid groups (broad SMARTS) is 1. The summed E-state index contributed by atoms with van der Waals surface area (Å²) in [5.41, 5.74) is 0. The van der Waals surface area contributed by atoms with Gasteiger partial charge >= 0.3 is 5.97 Å². The molecule has 0 aromatic heterocycles. The Hall–Kier alpha value is -0.330. The van der Waals surface area contributed by atoms with Crippen molar-refractivity contribution in [3.05, 3.63) is 37.7 Å². The molecule has 0 saturated carbocycles. The molecule has 0 spiro atoms. The third-order valence-electron chi connectivity index (χ3n) is 1.80. The molecule has 1 aromatic rings. The van der Waals surface area contributed by atoms with Crippen LogP contribution in [0, 0.1) is 0 Å². The highest BCUT2D eigenvalue weighted by atomic mass is 79.9. The molecular weight excluding hydrogens is 420 g/mol. The van der Waals surface area contributed by atoms with Gasteiger partial charge in [0.1, 0.15) is 5.75 Å². The maximum absolute atomic E-state index is 10.5. The van der Waals surface area contributed by atoms with Crippen LogP contribution >= 0.6 is 47.8 Å². The number of halogens is 3. The molecule has 0 heterocycles. The van der Waals surface area contributed by atoms with E-state index in [4.69, 9.17) is 9.84 Å². The number of hydrogen-bond acceptors (Lipinski definition) is 2. The fraction of sp³-hybridized carbons (Fsp3) is 0.182. The number of aliphatic carboxylic acids is 1. The molecule has 92 valence electrons. The molecule has 0 bridgehead atoms. The Morgan fingerprint density at radius 1 is 1.41 bits per heavy atom. The summed E-state index contributed by atoms with van der Waals surface area (Å²) in [6, 6.07) is 5.60. The number of hydrogen-bond donors (Lipinski definition) is 1. The van der Waals surface area contributed by atoms with Crippen LogP contribution in [0.4, 0.5) is 0 Å². The molecule has 0 aliphatic rings. The molecule has 0 unspecified atom stereocenters. The van der Waals surface area contributed by atoms with Gasteiger partial charge in [0.05, 0.1) is 15.6 Å². The largest absolute Gasteiger partial charge is 0.492 e. The maximum Gasteiger partial charge on any atom is 0.342 e. The molecule has 0 aliphatic heterocycles. The third-order valence-corrected chi connectivity index (χ3v) is 3.57. The zero-order valence-corrected chi connectivity index (χ0v) is 13.4. The minimum atomic E-state index is -0.977. The van der Waals surface area contributed by atoms with Crippen molar-refractivity contribution in [3.63, 3.8) is 0 Å². The van der Waals surface area contributed by atoms with Gasteiger partial charge in [0.15, 0.2) is 0 Å². The lowest BCUT2D eigenvalue weighted by molar-refractivity contribution is -0.131. The number of carboxylic acids is 1. The van der Waals surface area contributed by atoms with E-state index in [0.29, 0.717) is 13.0 Å². The van der Waals surface area contributed by atoms with Gasteiger partial charge in [0.2, 0.25) is 0 Å². The van der Waals surface area contributed by atoms with Crippen molar-refractivity contribution in [1.82, 2.24) is 0 Å². The minimum Gasteiger partial charge on any atom is -0.492 e. The van der Waals surface area contributed by atoms with Crippen molar-refractivity contribution in [2.75, 3.05) is 6.61 Å². The van der Waals surface area contributed by atoms with E-state index in [9.17, 15) is 4.79 Å². The van der Waals surface area contributed by atoms with Crippen molar-refractivity contribution in [2.45, 2.75) is 6.42 Å². The monoisotopic (exact) mass is 426 g/mol. The topological polar surface area (TPSA) is 46.5 Å². The highest BCUT2D eigenvalue weighted by Gasteiger charge is 2.02. The smallest absolute Gasteiger partial charge is 0.342 e. The van der Waals surface area contributed by atoms with E-state index in [1.165, 1.54) is 0 Å². The molecule has 0 atom stereocenters. The molecule has 0 saturated heterocycles. The lowest BCUT2D eigenvalue weighted by atomic mass is 10.3. The van der Waals surface area contributed by atoms with E-state index in [2.05, 4.69) is 47.8 Å². The van der Waals surface area contributed by atoms with E-state index >= 15 is 0 Å². The number of carbonyl (C=O) groups is 1. The quantitative estimate of drug-likeness (QED) is 0.560. The van der Waals surface area contributed by atoms with Crippen LogP contribution in [-0.4, -0.2) is 17.7 Å². The van der Waals surface area contributed by atoms with Gasteiger partial charge in [-0.15, -0.1) is 0 Å². The summed E-state index contributed by atoms with van der Waals surface area (Å²) >= 11 is 9.67. The van der Waals surface area contributed by atoms with Gasteiger partial charge in [0.25, 0.3) is 0 Å². The Bertz CT molecular complexity index is 444. The molecule has 1 rings (SSSR count). The van der Waals surface area contributed by atoms with Crippen molar-refractivity contribution in [3.8, 4) is 5.75 Å². The molecule has 6 heteroatoms. The number of benzene rings is 1. The van der Waals surface area contributed by atoms with Crippen LogP contribution in [0.1, 0.15) is 6.42 Å². The average molecular weight is 429 g/mol. The van der Waals surface area contributed by atoms with E-state index in [1.54, 1.807) is 6.08 Å². The predicted molar refractivity (Wildman–Crippen MR) is 76.6 cm³/mol. The lowest BCUT2D eigenvalue weighted by Gasteiger charge is -2.06. The summed E-state index contributed by atoms with van der Waals surface area (Å²) in [6.07, 6.45) is 2.09. The van der Waals surface area contributed by atoms with Crippen LogP contribution < -0.4 is 4.74 Å². The van der Waals surface area contributed by atoms with Crippen LogP contribution in [0.5, 0.6) is 5.75 Å². The standard InChI is InChI=1S/C11H9Br3O3/c12-7-3-4-10(9(14)6-7)17-5-1-2-8(13)11(15)16/h2-4,6H,1,5H2,(H,15,16). The average Bonchev–Trinajstić information content (AvgIpc) is 2.26. The number of rotatable bonds is 5. The van der Waals surface area contributed by atoms with Crippen molar-refractivity contribution >= 4 is 53.8 Å². The third kappa shape index (κ3) is 5.23. The molecule has 17 heavy (non-hydrogen) atoms. The SMILES string of the molecule is O=C(O)C(Br)=CCCOc1ccc(Br)cc1Br. The van der Waals surface area contributed by atoms with Gasteiger partial charge in [-0.2, -0.15) is 0 Å². The van der Waals surface area contributed by atoms with Crippen molar-refractivity contribution in [1.29, 1.82) is 0 Å². The first kappa shape index (κ1) is 14.7. The van der Waals surface area contributed by atoms with Crippen LogP contribution in [-0.2, 0) is 4.79 Å². The zero-order chi connectivity index (χ0) is 12.8. The zero-order valence-electron chi connectivity index (χ0n) is 8.62. The van der Waals surface area contributed by atoms with Crippen LogP contribution in [0.25, 0.3) is 0 Å². The fourth-order valence-corrected chi connectivity index (χ4v) is 2.42. The molecule has 0 amide bonds. The first-order valence-corrected chi connectivity index (χ1v) is 7.05. The van der Waals surface area contributed by atoms with Crippen molar-refractivity contribution in [2.24, 2.45) is 0 Å². The van der Waals surface area contributed by atoms with E-state index in [-0.39, 0.29) is 4.48 Å². The summed E-state index contributed by atoms with van der Waals surface area (Å²) in [5, 5.41) is 8.60. The summed E-state index contributed by atoms with van der Waals surface area (Å²) in [6.45, 7) is 0.419. The lowest BCUT2D eigenvalue weighted by Crippen LogP contribution is -1.98. The van der Waals surface area contributed by atoms with Crippen molar-refractivity contribution < 1.29 is 14.6 Å². The van der Waals surface area contributed by atoms with E-state index in [0.717, 1.165) is 14.7 Å². The van der Waals surface area contributed by atoms with E-state index in [1.807, 2.05) is 18.2 Å². The van der Waals surface area contributed by atoms with E-state index < -0.39 is 5.97 Å². The van der Waals surface area contributed by atoms with Gasteiger partial charge in [-0.3, -0.25) is 0 Å². The molecule has 0 radical (unpaired) electrons. The minimum absolute atomic E-state index is 0.149. The Labute approximate surface area is 124 Å². The first-order chi connectivity index (χ1) is 8.00. The van der Waals surface area contributed by atoms with Gasteiger partial charge in [-0.25, -0.2) is 4.79 Å². The summed E-state index contributed by atoms with van der Waals surface area (Å²) < 4.78 is 7.46. The second kappa shape index (κ2) is 7.18. The maximum atomic E-state index is 10.5. The van der Waals surface area contributed by atoms with Gasteiger partial charge in [-0.05, 0) is 50.1 Å². The first-order valence-electron chi connectivity index (χ1n) is 4.67. The predicted octanol–water partition coefficient (Wildman–Crippen LogP) is 4.34. The highest BCUT2D eigenvalue weighted by Crippen LogP contribution is 2.28. The Morgan fingerprint density at radius 2 is 2.12 bits per heavy atom. The normalized spacial score (nSPS) is 11.4. The molecule has 1 aromatic carbocycles. The Kier molecular flexibility index (Phi) is 6.22. The van der Waals surface area contributed by atoms with Crippen LogP contribution in [0.15, 0.2) is 37.7 Å². The van der Waals surface area contributed by atoms with Gasteiger partial charge < -0.3 is 9.84 Å². The second-order valence-electron chi connectivity index (χ2n) is 3.07. The summed E-state index contributed by atoms with van der Waals surface area (Å²) in [7, 11) is 0.